The Morgan fingerprint density at radius 1 is 1.38 bits per heavy atom. The number of aromatic nitrogens is 3. The zero-order chi connectivity index (χ0) is 11.7. The SMILES string of the molecule is Cc1nc2n(n1)CCCC2NC(C)C(C)C. The zero-order valence-corrected chi connectivity index (χ0v) is 10.7. The van der Waals surface area contributed by atoms with Crippen molar-refractivity contribution in [2.75, 3.05) is 0 Å². The molecule has 4 heteroatoms. The Hall–Kier alpha value is -0.900. The standard InChI is InChI=1S/C12H22N4/c1-8(2)9(3)13-11-6-5-7-16-12(11)14-10(4)15-16/h8-9,11,13H,5-7H2,1-4H3. The van der Waals surface area contributed by atoms with E-state index in [0.717, 1.165) is 18.2 Å². The summed E-state index contributed by atoms with van der Waals surface area (Å²) in [5, 5.41) is 8.08. The third-order valence-electron chi connectivity index (χ3n) is 3.44. The normalized spacial score (nSPS) is 22.2. The van der Waals surface area contributed by atoms with Gasteiger partial charge in [0.15, 0.2) is 0 Å². The number of rotatable bonds is 3. The van der Waals surface area contributed by atoms with Crippen LogP contribution in [-0.2, 0) is 6.54 Å². The molecule has 16 heavy (non-hydrogen) atoms. The monoisotopic (exact) mass is 222 g/mol. The van der Waals surface area contributed by atoms with Gasteiger partial charge in [-0.2, -0.15) is 5.10 Å². The first-order valence-electron chi connectivity index (χ1n) is 6.25. The summed E-state index contributed by atoms with van der Waals surface area (Å²) in [5.74, 6) is 2.66. The van der Waals surface area contributed by atoms with E-state index in [4.69, 9.17) is 0 Å². The van der Waals surface area contributed by atoms with Gasteiger partial charge in [-0.05, 0) is 32.6 Å². The van der Waals surface area contributed by atoms with Crippen molar-refractivity contribution in [3.63, 3.8) is 0 Å². The van der Waals surface area contributed by atoms with Crippen molar-refractivity contribution in [3.05, 3.63) is 11.6 Å². The predicted molar refractivity (Wildman–Crippen MR) is 64.2 cm³/mol. The first-order chi connectivity index (χ1) is 7.58. The fourth-order valence-electron chi connectivity index (χ4n) is 2.14. The molecule has 0 saturated carbocycles. The Kier molecular flexibility index (Phi) is 3.28. The highest BCUT2D eigenvalue weighted by Crippen LogP contribution is 2.24. The molecule has 0 amide bonds. The van der Waals surface area contributed by atoms with Crippen molar-refractivity contribution in [2.24, 2.45) is 5.92 Å². The highest BCUT2D eigenvalue weighted by Gasteiger charge is 2.25. The van der Waals surface area contributed by atoms with Crippen LogP contribution in [0.15, 0.2) is 0 Å². The van der Waals surface area contributed by atoms with E-state index in [9.17, 15) is 0 Å². The van der Waals surface area contributed by atoms with Crippen LogP contribution in [0.25, 0.3) is 0 Å². The van der Waals surface area contributed by atoms with Gasteiger partial charge in [-0.15, -0.1) is 0 Å². The summed E-state index contributed by atoms with van der Waals surface area (Å²) >= 11 is 0. The van der Waals surface area contributed by atoms with Crippen LogP contribution in [-0.4, -0.2) is 20.8 Å². The summed E-state index contributed by atoms with van der Waals surface area (Å²) < 4.78 is 2.06. The lowest BCUT2D eigenvalue weighted by Gasteiger charge is -2.28. The minimum absolute atomic E-state index is 0.382. The van der Waals surface area contributed by atoms with Gasteiger partial charge in [-0.1, -0.05) is 13.8 Å². The van der Waals surface area contributed by atoms with Crippen molar-refractivity contribution in [1.82, 2.24) is 20.1 Å². The van der Waals surface area contributed by atoms with E-state index in [1.54, 1.807) is 0 Å². The summed E-state index contributed by atoms with van der Waals surface area (Å²) in [4.78, 5) is 4.53. The number of nitrogens with one attached hydrogen (secondary N) is 1. The van der Waals surface area contributed by atoms with E-state index < -0.39 is 0 Å². The highest BCUT2D eigenvalue weighted by atomic mass is 15.4. The minimum atomic E-state index is 0.382. The quantitative estimate of drug-likeness (QED) is 0.851. The maximum absolute atomic E-state index is 4.53. The molecular weight excluding hydrogens is 200 g/mol. The Balaban J connectivity index is 2.12. The van der Waals surface area contributed by atoms with Crippen LogP contribution in [0.2, 0.25) is 0 Å². The van der Waals surface area contributed by atoms with Gasteiger partial charge in [0.25, 0.3) is 0 Å². The molecule has 2 atom stereocenters. The summed E-state index contributed by atoms with van der Waals surface area (Å²) in [7, 11) is 0. The summed E-state index contributed by atoms with van der Waals surface area (Å²) in [6.45, 7) is 9.72. The first kappa shape index (κ1) is 11.6. The molecule has 2 rings (SSSR count). The fourth-order valence-corrected chi connectivity index (χ4v) is 2.14. The van der Waals surface area contributed by atoms with Crippen LogP contribution in [0.1, 0.15) is 51.3 Å². The topological polar surface area (TPSA) is 42.7 Å². The van der Waals surface area contributed by atoms with Gasteiger partial charge in [0.1, 0.15) is 11.6 Å². The van der Waals surface area contributed by atoms with Crippen LogP contribution in [0, 0.1) is 12.8 Å². The van der Waals surface area contributed by atoms with Crippen molar-refractivity contribution >= 4 is 0 Å². The van der Waals surface area contributed by atoms with Gasteiger partial charge < -0.3 is 5.32 Å². The number of aryl methyl sites for hydroxylation is 2. The molecule has 0 fully saturated rings. The van der Waals surface area contributed by atoms with Crippen LogP contribution >= 0.6 is 0 Å². The minimum Gasteiger partial charge on any atom is -0.305 e. The smallest absolute Gasteiger partial charge is 0.147 e. The molecule has 1 aromatic heterocycles. The molecule has 0 aliphatic carbocycles. The molecule has 4 nitrogen and oxygen atoms in total. The average Bonchev–Trinajstić information content (AvgIpc) is 2.59. The summed E-state index contributed by atoms with van der Waals surface area (Å²) in [6, 6.07) is 0.904. The summed E-state index contributed by atoms with van der Waals surface area (Å²) in [6.07, 6.45) is 2.37. The number of hydrogen-bond donors (Lipinski definition) is 1. The number of nitrogens with zero attached hydrogens (tertiary/aromatic N) is 3. The molecule has 1 aliphatic rings. The lowest BCUT2D eigenvalue weighted by atomic mass is 10.0. The van der Waals surface area contributed by atoms with Gasteiger partial charge in [0, 0.05) is 12.6 Å². The average molecular weight is 222 g/mol. The van der Waals surface area contributed by atoms with Gasteiger partial charge in [0.05, 0.1) is 6.04 Å². The molecule has 0 aromatic carbocycles. The lowest BCUT2D eigenvalue weighted by molar-refractivity contribution is 0.309. The second kappa shape index (κ2) is 4.53. The van der Waals surface area contributed by atoms with E-state index in [1.165, 1.54) is 12.8 Å². The largest absolute Gasteiger partial charge is 0.305 e. The Bertz CT molecular complexity index is 356. The third-order valence-corrected chi connectivity index (χ3v) is 3.44. The van der Waals surface area contributed by atoms with Gasteiger partial charge >= 0.3 is 0 Å². The molecule has 0 radical (unpaired) electrons. The second-order valence-corrected chi connectivity index (χ2v) is 5.13. The molecule has 0 bridgehead atoms. The highest BCUT2D eigenvalue weighted by molar-refractivity contribution is 5.01. The molecule has 1 N–H and O–H groups in total. The lowest BCUT2D eigenvalue weighted by Crippen LogP contribution is -2.37. The molecule has 90 valence electrons. The molecule has 1 aromatic rings. The van der Waals surface area contributed by atoms with Crippen molar-refractivity contribution in [3.8, 4) is 0 Å². The zero-order valence-electron chi connectivity index (χ0n) is 10.7. The van der Waals surface area contributed by atoms with E-state index in [-0.39, 0.29) is 0 Å². The fraction of sp³-hybridized carbons (Fsp3) is 0.833. The van der Waals surface area contributed by atoms with Gasteiger partial charge in [-0.25, -0.2) is 9.67 Å². The molecular formula is C12H22N4. The van der Waals surface area contributed by atoms with E-state index in [2.05, 4.69) is 40.9 Å². The summed E-state index contributed by atoms with van der Waals surface area (Å²) in [5.41, 5.74) is 0. The van der Waals surface area contributed by atoms with Gasteiger partial charge in [-0.3, -0.25) is 0 Å². The van der Waals surface area contributed by atoms with E-state index in [1.807, 2.05) is 6.92 Å². The molecule has 1 aliphatic heterocycles. The molecule has 0 saturated heterocycles. The first-order valence-corrected chi connectivity index (χ1v) is 6.25. The maximum Gasteiger partial charge on any atom is 0.147 e. The number of fused-ring (bicyclic) bond motifs is 1. The van der Waals surface area contributed by atoms with Crippen molar-refractivity contribution in [2.45, 2.75) is 59.2 Å². The molecule has 0 spiro atoms. The maximum atomic E-state index is 4.53. The molecule has 2 heterocycles. The van der Waals surface area contributed by atoms with Crippen molar-refractivity contribution < 1.29 is 0 Å². The predicted octanol–water partition coefficient (Wildman–Crippen LogP) is 2.06. The van der Waals surface area contributed by atoms with Crippen LogP contribution in [0.5, 0.6) is 0 Å². The number of hydrogen-bond acceptors (Lipinski definition) is 3. The van der Waals surface area contributed by atoms with Crippen molar-refractivity contribution in [1.29, 1.82) is 0 Å². The molecule has 2 unspecified atom stereocenters. The second-order valence-electron chi connectivity index (χ2n) is 5.13. The Morgan fingerprint density at radius 3 is 2.81 bits per heavy atom. The van der Waals surface area contributed by atoms with E-state index >= 15 is 0 Å². The Morgan fingerprint density at radius 2 is 2.12 bits per heavy atom. The van der Waals surface area contributed by atoms with Crippen LogP contribution in [0.4, 0.5) is 0 Å². The van der Waals surface area contributed by atoms with Crippen LogP contribution in [0.3, 0.4) is 0 Å². The Labute approximate surface area is 97.5 Å². The van der Waals surface area contributed by atoms with Crippen LogP contribution < -0.4 is 5.32 Å². The van der Waals surface area contributed by atoms with Gasteiger partial charge in [0.2, 0.25) is 0 Å². The van der Waals surface area contributed by atoms with E-state index in [0.29, 0.717) is 18.0 Å². The third kappa shape index (κ3) is 2.26.